The lowest BCUT2D eigenvalue weighted by atomic mass is 10.2. The molecule has 0 bridgehead atoms. The lowest BCUT2D eigenvalue weighted by Gasteiger charge is -2.09. The Kier molecular flexibility index (Phi) is 3.78. The van der Waals surface area contributed by atoms with Crippen LogP contribution in [0.25, 0.3) is 16.9 Å². The third kappa shape index (κ3) is 2.78. The van der Waals surface area contributed by atoms with Crippen molar-refractivity contribution in [2.75, 3.05) is 5.32 Å². The van der Waals surface area contributed by atoms with Crippen molar-refractivity contribution in [1.82, 2.24) is 14.4 Å². The Hall–Kier alpha value is -2.66. The lowest BCUT2D eigenvalue weighted by Crippen LogP contribution is -1.97. The summed E-state index contributed by atoms with van der Waals surface area (Å²) in [6, 6.07) is 16.2. The molecule has 3 aromatic heterocycles. The molecule has 1 N–H and O–H groups in total. The summed E-state index contributed by atoms with van der Waals surface area (Å²) in [5.41, 5.74) is 4.99. The summed E-state index contributed by atoms with van der Waals surface area (Å²) < 4.78 is 3.05. The Labute approximate surface area is 148 Å². The van der Waals surface area contributed by atoms with Crippen molar-refractivity contribution in [3.63, 3.8) is 0 Å². The minimum absolute atomic E-state index is 0.877. The second kappa shape index (κ2) is 6.09. The Morgan fingerprint density at radius 2 is 1.88 bits per heavy atom. The number of aromatic nitrogens is 3. The monoisotopic (exact) mass is 378 g/mol. The van der Waals surface area contributed by atoms with E-state index in [1.165, 1.54) is 5.56 Å². The topological polar surface area (TPSA) is 42.2 Å². The van der Waals surface area contributed by atoms with Gasteiger partial charge in [0, 0.05) is 34.3 Å². The predicted octanol–water partition coefficient (Wildman–Crippen LogP) is 5.21. The van der Waals surface area contributed by atoms with Gasteiger partial charge in [-0.3, -0.25) is 9.38 Å². The van der Waals surface area contributed by atoms with Crippen LogP contribution in [0.4, 0.5) is 11.5 Å². The van der Waals surface area contributed by atoms with Gasteiger partial charge in [-0.15, -0.1) is 0 Å². The number of aryl methyl sites for hydroxylation is 1. The molecule has 0 spiro atoms. The van der Waals surface area contributed by atoms with Crippen LogP contribution in [0.2, 0.25) is 0 Å². The third-order valence-electron chi connectivity index (χ3n) is 3.83. The van der Waals surface area contributed by atoms with Crippen LogP contribution in [0.15, 0.2) is 71.6 Å². The minimum atomic E-state index is 0.877. The smallest absolute Gasteiger partial charge is 0.143 e. The van der Waals surface area contributed by atoms with Gasteiger partial charge in [0.2, 0.25) is 0 Å². The van der Waals surface area contributed by atoms with E-state index < -0.39 is 0 Å². The number of benzene rings is 1. The minimum Gasteiger partial charge on any atom is -0.339 e. The molecule has 0 aliphatic rings. The Morgan fingerprint density at radius 1 is 1.04 bits per heavy atom. The summed E-state index contributed by atoms with van der Waals surface area (Å²) in [7, 11) is 0. The fourth-order valence-corrected chi connectivity index (χ4v) is 2.95. The summed E-state index contributed by atoms with van der Waals surface area (Å²) in [6.45, 7) is 2.08. The van der Waals surface area contributed by atoms with Crippen LogP contribution in [0.5, 0.6) is 0 Å². The van der Waals surface area contributed by atoms with Gasteiger partial charge in [-0.25, -0.2) is 4.98 Å². The van der Waals surface area contributed by atoms with Gasteiger partial charge in [0.15, 0.2) is 0 Å². The molecule has 5 heteroatoms. The number of anilines is 2. The van der Waals surface area contributed by atoms with Gasteiger partial charge in [0.1, 0.15) is 17.2 Å². The van der Waals surface area contributed by atoms with Crippen LogP contribution < -0.4 is 5.32 Å². The maximum atomic E-state index is 4.78. The van der Waals surface area contributed by atoms with E-state index in [9.17, 15) is 0 Å². The average Bonchev–Trinajstić information content (AvgIpc) is 2.95. The molecular weight excluding hydrogens is 364 g/mol. The summed E-state index contributed by atoms with van der Waals surface area (Å²) in [6.07, 6.45) is 5.61. The first kappa shape index (κ1) is 14.9. The lowest BCUT2D eigenvalue weighted by molar-refractivity contribution is 1.17. The molecule has 0 aliphatic heterocycles. The molecule has 3 heterocycles. The molecule has 0 radical (unpaired) electrons. The average molecular weight is 379 g/mol. The van der Waals surface area contributed by atoms with Crippen LogP contribution in [-0.2, 0) is 0 Å². The van der Waals surface area contributed by atoms with Gasteiger partial charge in [-0.2, -0.15) is 0 Å². The molecule has 0 amide bonds. The Balaban J connectivity index is 1.90. The van der Waals surface area contributed by atoms with Gasteiger partial charge >= 0.3 is 0 Å². The molecule has 0 saturated heterocycles. The number of rotatable bonds is 3. The van der Waals surface area contributed by atoms with Gasteiger partial charge in [0.05, 0.1) is 0 Å². The van der Waals surface area contributed by atoms with Crippen LogP contribution in [0.3, 0.4) is 0 Å². The molecule has 1 aromatic carbocycles. The SMILES string of the molecule is Cc1ccc(Nc2c(-c3cccnc3)nc3ccc(Br)cn23)cc1. The van der Waals surface area contributed by atoms with E-state index in [4.69, 9.17) is 4.98 Å². The zero-order chi connectivity index (χ0) is 16.5. The summed E-state index contributed by atoms with van der Waals surface area (Å²) in [4.78, 5) is 9.00. The number of hydrogen-bond donors (Lipinski definition) is 1. The zero-order valence-electron chi connectivity index (χ0n) is 13.1. The molecule has 4 aromatic rings. The Morgan fingerprint density at radius 3 is 2.62 bits per heavy atom. The van der Waals surface area contributed by atoms with Gasteiger partial charge in [-0.05, 0) is 59.3 Å². The van der Waals surface area contributed by atoms with E-state index >= 15 is 0 Å². The number of hydrogen-bond acceptors (Lipinski definition) is 3. The van der Waals surface area contributed by atoms with E-state index in [1.54, 1.807) is 6.20 Å². The molecule has 4 rings (SSSR count). The predicted molar refractivity (Wildman–Crippen MR) is 101 cm³/mol. The summed E-state index contributed by atoms with van der Waals surface area (Å²) in [5, 5.41) is 3.50. The highest BCUT2D eigenvalue weighted by Crippen LogP contribution is 2.31. The zero-order valence-corrected chi connectivity index (χ0v) is 14.7. The first-order valence-corrected chi connectivity index (χ1v) is 8.42. The highest BCUT2D eigenvalue weighted by molar-refractivity contribution is 9.10. The van der Waals surface area contributed by atoms with Gasteiger partial charge < -0.3 is 5.32 Å². The molecule has 0 unspecified atom stereocenters. The third-order valence-corrected chi connectivity index (χ3v) is 4.30. The van der Waals surface area contributed by atoms with E-state index in [1.807, 2.05) is 41.1 Å². The fraction of sp³-hybridized carbons (Fsp3) is 0.0526. The largest absolute Gasteiger partial charge is 0.339 e. The van der Waals surface area contributed by atoms with Crippen molar-refractivity contribution < 1.29 is 0 Å². The highest BCUT2D eigenvalue weighted by Gasteiger charge is 2.14. The number of pyridine rings is 2. The number of fused-ring (bicyclic) bond motifs is 1. The van der Waals surface area contributed by atoms with Gasteiger partial charge in [0.25, 0.3) is 0 Å². The van der Waals surface area contributed by atoms with Crippen molar-refractivity contribution in [2.24, 2.45) is 0 Å². The van der Waals surface area contributed by atoms with E-state index in [0.717, 1.165) is 32.9 Å². The summed E-state index contributed by atoms with van der Waals surface area (Å²) >= 11 is 3.54. The second-order valence-electron chi connectivity index (χ2n) is 5.62. The quantitative estimate of drug-likeness (QED) is 0.531. The maximum absolute atomic E-state index is 4.78. The van der Waals surface area contributed by atoms with E-state index in [-0.39, 0.29) is 0 Å². The normalized spacial score (nSPS) is 10.9. The van der Waals surface area contributed by atoms with E-state index in [2.05, 4.69) is 57.4 Å². The van der Waals surface area contributed by atoms with E-state index in [0.29, 0.717) is 0 Å². The van der Waals surface area contributed by atoms with Crippen LogP contribution in [0, 0.1) is 6.92 Å². The molecule has 24 heavy (non-hydrogen) atoms. The maximum Gasteiger partial charge on any atom is 0.143 e. The number of nitrogens with one attached hydrogen (secondary N) is 1. The molecule has 118 valence electrons. The highest BCUT2D eigenvalue weighted by atomic mass is 79.9. The molecule has 4 nitrogen and oxygen atoms in total. The fourth-order valence-electron chi connectivity index (χ4n) is 2.62. The Bertz CT molecular complexity index is 991. The molecular formula is C19H15BrN4. The molecule has 0 saturated carbocycles. The van der Waals surface area contributed by atoms with Crippen molar-refractivity contribution in [3.8, 4) is 11.3 Å². The van der Waals surface area contributed by atoms with Crippen LogP contribution in [-0.4, -0.2) is 14.4 Å². The van der Waals surface area contributed by atoms with Crippen LogP contribution in [0.1, 0.15) is 5.56 Å². The van der Waals surface area contributed by atoms with Crippen molar-refractivity contribution >= 4 is 33.1 Å². The van der Waals surface area contributed by atoms with Crippen molar-refractivity contribution in [1.29, 1.82) is 0 Å². The standard InChI is InChI=1S/C19H15BrN4/c1-13-4-7-16(8-5-13)22-19-18(14-3-2-10-21-11-14)23-17-9-6-15(20)12-24(17)19/h2-12,22H,1H3. The van der Waals surface area contributed by atoms with Crippen LogP contribution >= 0.6 is 15.9 Å². The van der Waals surface area contributed by atoms with Gasteiger partial charge in [-0.1, -0.05) is 17.7 Å². The number of nitrogens with zero attached hydrogens (tertiary/aromatic N) is 3. The number of imidazole rings is 1. The first-order valence-electron chi connectivity index (χ1n) is 7.62. The first-order chi connectivity index (χ1) is 11.7. The number of halogens is 1. The second-order valence-corrected chi connectivity index (χ2v) is 6.53. The van der Waals surface area contributed by atoms with Crippen molar-refractivity contribution in [2.45, 2.75) is 6.92 Å². The molecule has 0 aliphatic carbocycles. The van der Waals surface area contributed by atoms with Crippen molar-refractivity contribution in [3.05, 3.63) is 77.2 Å². The summed E-state index contributed by atoms with van der Waals surface area (Å²) in [5.74, 6) is 0.920. The molecule has 0 atom stereocenters. The molecule has 0 fully saturated rings.